The molecule has 2 aromatic carbocycles. The Bertz CT molecular complexity index is 848. The number of halogens is 3. The Morgan fingerprint density at radius 3 is 2.50 bits per heavy atom. The molecule has 1 aliphatic carbocycles. The molecule has 1 saturated heterocycles. The minimum atomic E-state index is -0.994. The molecule has 0 spiro atoms. The number of benzene rings is 2. The second-order valence-corrected chi connectivity index (χ2v) is 9.77. The molecule has 1 heterocycles. The van der Waals surface area contributed by atoms with Crippen molar-refractivity contribution in [1.82, 2.24) is 4.90 Å². The lowest BCUT2D eigenvalue weighted by Crippen LogP contribution is -2.44. The molecule has 1 unspecified atom stereocenters. The van der Waals surface area contributed by atoms with Crippen molar-refractivity contribution < 1.29 is 5.11 Å². The van der Waals surface area contributed by atoms with E-state index >= 15 is 0 Å². The molecular formula is C21H22Br2ClNO. The maximum Gasteiger partial charge on any atom is 0.119 e. The molecule has 0 aromatic heterocycles. The number of piperidine rings is 1. The fourth-order valence-electron chi connectivity index (χ4n) is 4.65. The van der Waals surface area contributed by atoms with Gasteiger partial charge in [0, 0.05) is 19.5 Å². The number of rotatable bonds is 1. The van der Waals surface area contributed by atoms with Gasteiger partial charge < -0.3 is 10.0 Å². The van der Waals surface area contributed by atoms with Crippen LogP contribution in [-0.2, 0) is 18.4 Å². The molecule has 0 amide bonds. The van der Waals surface area contributed by atoms with Gasteiger partial charge in [-0.3, -0.25) is 0 Å². The zero-order valence-electron chi connectivity index (χ0n) is 14.7. The van der Waals surface area contributed by atoms with Crippen LogP contribution >= 0.6 is 43.5 Å². The molecule has 1 N–H and O–H groups in total. The normalized spacial score (nSPS) is 24.0. The van der Waals surface area contributed by atoms with E-state index in [9.17, 15) is 5.11 Å². The van der Waals surface area contributed by atoms with Gasteiger partial charge in [-0.2, -0.15) is 0 Å². The molecule has 26 heavy (non-hydrogen) atoms. The first-order valence-corrected chi connectivity index (χ1v) is 11.0. The van der Waals surface area contributed by atoms with Crippen LogP contribution in [0.5, 0.6) is 0 Å². The topological polar surface area (TPSA) is 23.5 Å². The molecule has 2 aromatic rings. The monoisotopic (exact) mass is 497 g/mol. The van der Waals surface area contributed by atoms with E-state index in [0.29, 0.717) is 5.02 Å². The summed E-state index contributed by atoms with van der Waals surface area (Å²) >= 11 is 13.7. The van der Waals surface area contributed by atoms with E-state index in [2.05, 4.69) is 55.9 Å². The molecule has 2 aliphatic rings. The van der Waals surface area contributed by atoms with Gasteiger partial charge in [0.05, 0.1) is 0 Å². The highest BCUT2D eigenvalue weighted by atomic mass is 79.9. The number of aliphatic hydroxyl groups is 1. The lowest BCUT2D eigenvalue weighted by Gasteiger charge is -2.42. The Balaban J connectivity index is 1.95. The summed E-state index contributed by atoms with van der Waals surface area (Å²) in [4.78, 5) is 2.34. The van der Waals surface area contributed by atoms with Gasteiger partial charge in [-0.25, -0.2) is 0 Å². The number of likely N-dealkylation sites (tertiary alicyclic amines) is 1. The number of aryl methyl sites for hydroxylation is 2. The van der Waals surface area contributed by atoms with Crippen LogP contribution in [-0.4, -0.2) is 30.1 Å². The molecule has 2 nitrogen and oxygen atoms in total. The maximum absolute atomic E-state index is 12.3. The molecule has 4 rings (SSSR count). The maximum atomic E-state index is 12.3. The first kappa shape index (κ1) is 18.9. The van der Waals surface area contributed by atoms with Crippen LogP contribution < -0.4 is 0 Å². The molecule has 1 fully saturated rings. The third-order valence-electron chi connectivity index (χ3n) is 5.97. The molecule has 0 bridgehead atoms. The summed E-state index contributed by atoms with van der Waals surface area (Å²) in [5.41, 5.74) is 3.44. The minimum Gasteiger partial charge on any atom is -0.380 e. The van der Waals surface area contributed by atoms with Gasteiger partial charge in [0.15, 0.2) is 0 Å². The fraction of sp³-hybridized carbons (Fsp3) is 0.429. The van der Waals surface area contributed by atoms with E-state index in [1.807, 2.05) is 18.2 Å². The first-order valence-electron chi connectivity index (χ1n) is 9.08. The quantitative estimate of drug-likeness (QED) is 0.557. The van der Waals surface area contributed by atoms with E-state index in [4.69, 9.17) is 11.6 Å². The van der Waals surface area contributed by atoms with Gasteiger partial charge in [0.25, 0.3) is 0 Å². The summed E-state index contributed by atoms with van der Waals surface area (Å²) in [6, 6.07) is 10.3. The van der Waals surface area contributed by atoms with Crippen LogP contribution in [0.25, 0.3) is 0 Å². The molecule has 138 valence electrons. The molecule has 1 atom stereocenters. The van der Waals surface area contributed by atoms with Gasteiger partial charge in [0.1, 0.15) is 5.60 Å². The van der Waals surface area contributed by atoms with E-state index in [0.717, 1.165) is 64.4 Å². The van der Waals surface area contributed by atoms with Crippen molar-refractivity contribution in [2.75, 3.05) is 20.1 Å². The summed E-state index contributed by atoms with van der Waals surface area (Å²) in [6.07, 6.45) is 3.75. The minimum absolute atomic E-state index is 0.188. The molecule has 1 aliphatic heterocycles. The first-order chi connectivity index (χ1) is 12.4. The molecule has 0 saturated carbocycles. The summed E-state index contributed by atoms with van der Waals surface area (Å²) in [7, 11) is 2.15. The summed E-state index contributed by atoms with van der Waals surface area (Å²) < 4.78 is 1.97. The lowest BCUT2D eigenvalue weighted by molar-refractivity contribution is -0.0119. The predicted molar refractivity (Wildman–Crippen MR) is 114 cm³/mol. The van der Waals surface area contributed by atoms with E-state index in [1.165, 1.54) is 5.56 Å². The third-order valence-corrected chi connectivity index (χ3v) is 7.31. The van der Waals surface area contributed by atoms with Crippen molar-refractivity contribution in [2.45, 2.75) is 31.3 Å². The second-order valence-electron chi connectivity index (χ2n) is 7.57. The Hall–Kier alpha value is -0.390. The van der Waals surface area contributed by atoms with Crippen LogP contribution in [0.1, 0.15) is 35.1 Å². The van der Waals surface area contributed by atoms with Gasteiger partial charge >= 0.3 is 0 Å². The summed E-state index contributed by atoms with van der Waals surface area (Å²) in [6.45, 7) is 2.03. The van der Waals surface area contributed by atoms with Crippen molar-refractivity contribution in [2.24, 2.45) is 5.92 Å². The van der Waals surface area contributed by atoms with E-state index in [1.54, 1.807) is 0 Å². The van der Waals surface area contributed by atoms with Crippen LogP contribution in [0.2, 0.25) is 5.02 Å². The smallest absolute Gasteiger partial charge is 0.119 e. The van der Waals surface area contributed by atoms with Crippen LogP contribution in [0.4, 0.5) is 0 Å². The van der Waals surface area contributed by atoms with Gasteiger partial charge in [-0.1, -0.05) is 49.5 Å². The van der Waals surface area contributed by atoms with Crippen molar-refractivity contribution in [3.63, 3.8) is 0 Å². The zero-order chi connectivity index (χ0) is 18.5. The summed E-state index contributed by atoms with van der Waals surface area (Å²) in [5.74, 6) is 0.188. The van der Waals surface area contributed by atoms with Gasteiger partial charge in [-0.05, 0) is 92.7 Å². The lowest BCUT2D eigenvalue weighted by atomic mass is 9.70. The number of hydrogen-bond donors (Lipinski definition) is 1. The third kappa shape index (κ3) is 3.18. The van der Waals surface area contributed by atoms with E-state index in [-0.39, 0.29) is 5.92 Å². The predicted octanol–water partition coefficient (Wildman–Crippen LogP) is 5.54. The van der Waals surface area contributed by atoms with Crippen molar-refractivity contribution in [3.8, 4) is 0 Å². The average molecular weight is 500 g/mol. The van der Waals surface area contributed by atoms with Crippen LogP contribution in [0.15, 0.2) is 39.3 Å². The van der Waals surface area contributed by atoms with Crippen molar-refractivity contribution in [3.05, 3.63) is 66.6 Å². The zero-order valence-corrected chi connectivity index (χ0v) is 18.7. The summed E-state index contributed by atoms with van der Waals surface area (Å²) in [5, 5.41) is 13.0. The average Bonchev–Trinajstić information content (AvgIpc) is 2.71. The largest absolute Gasteiger partial charge is 0.380 e. The molecular weight excluding hydrogens is 477 g/mol. The Kier molecular flexibility index (Phi) is 5.26. The number of hydrogen-bond acceptors (Lipinski definition) is 2. The SMILES string of the molecule is CN1CCC(C2(O)c3ccc(Br)cc3CCc3cc(Cl)cc(Br)c32)CC1. The number of nitrogens with zero attached hydrogens (tertiary/aromatic N) is 1. The van der Waals surface area contributed by atoms with E-state index < -0.39 is 5.60 Å². The van der Waals surface area contributed by atoms with Crippen molar-refractivity contribution in [1.29, 1.82) is 0 Å². The number of fused-ring (bicyclic) bond motifs is 2. The second kappa shape index (κ2) is 7.21. The highest BCUT2D eigenvalue weighted by Crippen LogP contribution is 2.49. The van der Waals surface area contributed by atoms with Gasteiger partial charge in [0.2, 0.25) is 0 Å². The molecule has 0 radical (unpaired) electrons. The van der Waals surface area contributed by atoms with Crippen LogP contribution in [0.3, 0.4) is 0 Å². The standard InChI is InChI=1S/C21H22Br2ClNO/c1-25-8-6-15(7-9-25)21(26)18-5-4-16(22)10-13(18)2-3-14-11-17(24)12-19(23)20(14)21/h4-5,10-12,15,26H,2-3,6-9H2,1H3. The van der Waals surface area contributed by atoms with Crippen LogP contribution in [0, 0.1) is 5.92 Å². The fourth-order valence-corrected chi connectivity index (χ4v) is 6.23. The Labute approximate surface area is 176 Å². The highest BCUT2D eigenvalue weighted by molar-refractivity contribution is 9.10. The Morgan fingerprint density at radius 2 is 1.77 bits per heavy atom. The van der Waals surface area contributed by atoms with Gasteiger partial charge in [-0.15, -0.1) is 0 Å². The highest BCUT2D eigenvalue weighted by Gasteiger charge is 2.46. The Morgan fingerprint density at radius 1 is 1.08 bits per heavy atom. The molecule has 5 heteroatoms. The van der Waals surface area contributed by atoms with Crippen molar-refractivity contribution >= 4 is 43.5 Å².